The van der Waals surface area contributed by atoms with E-state index in [4.69, 9.17) is 4.74 Å². The number of piperidine rings is 1. The highest BCUT2D eigenvalue weighted by atomic mass is 32.2. The third-order valence-electron chi connectivity index (χ3n) is 4.35. The van der Waals surface area contributed by atoms with Gasteiger partial charge in [-0.25, -0.2) is 12.7 Å². The number of nitrogens with zero attached hydrogens (tertiary/aromatic N) is 1. The van der Waals surface area contributed by atoms with E-state index >= 15 is 0 Å². The molecule has 2 unspecified atom stereocenters. The molecule has 0 spiro atoms. The first kappa shape index (κ1) is 15.0. The quantitative estimate of drug-likeness (QED) is 0.612. The maximum Gasteiger partial charge on any atom is 0.322 e. The number of amides is 1. The third kappa shape index (κ3) is 1.95. The molecular formula is C15H17NO5S. The summed E-state index contributed by atoms with van der Waals surface area (Å²) in [5.41, 5.74) is -0.342. The summed E-state index contributed by atoms with van der Waals surface area (Å²) in [4.78, 5) is 24.6. The van der Waals surface area contributed by atoms with Crippen LogP contribution in [0.25, 0.3) is 0 Å². The van der Waals surface area contributed by atoms with Crippen molar-refractivity contribution in [2.24, 2.45) is 11.3 Å². The van der Waals surface area contributed by atoms with Crippen LogP contribution >= 0.6 is 0 Å². The molecule has 2 atom stereocenters. The van der Waals surface area contributed by atoms with Crippen LogP contribution in [0.3, 0.4) is 0 Å². The van der Waals surface area contributed by atoms with Crippen LogP contribution in [0.5, 0.6) is 0 Å². The molecule has 1 saturated carbocycles. The van der Waals surface area contributed by atoms with Gasteiger partial charge in [0, 0.05) is 12.5 Å². The van der Waals surface area contributed by atoms with Gasteiger partial charge in [-0.3, -0.25) is 9.59 Å². The van der Waals surface area contributed by atoms with Crippen LogP contribution in [0, 0.1) is 18.3 Å². The van der Waals surface area contributed by atoms with Crippen molar-refractivity contribution >= 4 is 21.9 Å². The second kappa shape index (κ2) is 4.81. The van der Waals surface area contributed by atoms with Crippen molar-refractivity contribution in [3.8, 4) is 0 Å². The first-order valence-corrected chi connectivity index (χ1v) is 8.59. The molecule has 1 heterocycles. The lowest BCUT2D eigenvalue weighted by molar-refractivity contribution is -0.154. The van der Waals surface area contributed by atoms with Gasteiger partial charge in [0.05, 0.1) is 11.5 Å². The van der Waals surface area contributed by atoms with Crippen LogP contribution in [0.2, 0.25) is 0 Å². The third-order valence-corrected chi connectivity index (χ3v) is 6.11. The number of carbonyl (C=O) groups is 2. The van der Waals surface area contributed by atoms with Crippen LogP contribution in [-0.4, -0.2) is 37.8 Å². The normalized spacial score (nSPS) is 26.7. The summed E-state index contributed by atoms with van der Waals surface area (Å²) >= 11 is 0. The summed E-state index contributed by atoms with van der Waals surface area (Å²) in [6.07, 6.45) is 0.380. The Hall–Kier alpha value is -1.89. The fourth-order valence-corrected chi connectivity index (χ4v) is 4.45. The van der Waals surface area contributed by atoms with Crippen molar-refractivity contribution in [2.45, 2.75) is 25.2 Å². The zero-order chi connectivity index (χ0) is 16.1. The number of hydrogen-bond donors (Lipinski definition) is 0. The Balaban J connectivity index is 1.90. The number of fused-ring (bicyclic) bond motifs is 1. The zero-order valence-electron chi connectivity index (χ0n) is 12.4. The second-order valence-corrected chi connectivity index (χ2v) is 7.61. The Bertz CT molecular complexity index is 740. The maximum atomic E-state index is 12.6. The lowest BCUT2D eigenvalue weighted by Crippen LogP contribution is -2.40. The van der Waals surface area contributed by atoms with Crippen LogP contribution in [0.15, 0.2) is 29.2 Å². The van der Waals surface area contributed by atoms with Gasteiger partial charge in [-0.1, -0.05) is 17.7 Å². The van der Waals surface area contributed by atoms with Gasteiger partial charge in [0.25, 0.3) is 15.9 Å². The molecular weight excluding hydrogens is 306 g/mol. The SMILES string of the molecule is CCOC(=O)C12CC1CN(S(=O)(=O)c1ccc(C)cc1)C2=O. The van der Waals surface area contributed by atoms with E-state index in [1.807, 2.05) is 6.92 Å². The van der Waals surface area contributed by atoms with Gasteiger partial charge >= 0.3 is 5.97 Å². The molecule has 0 radical (unpaired) electrons. The number of rotatable bonds is 4. The minimum absolute atomic E-state index is 0.0495. The molecule has 118 valence electrons. The lowest BCUT2D eigenvalue weighted by Gasteiger charge is -2.20. The molecule has 0 bridgehead atoms. The smallest absolute Gasteiger partial charge is 0.322 e. The highest BCUT2D eigenvalue weighted by Crippen LogP contribution is 2.60. The van der Waals surface area contributed by atoms with Crippen LogP contribution in [0.1, 0.15) is 18.9 Å². The van der Waals surface area contributed by atoms with E-state index in [0.717, 1.165) is 9.87 Å². The molecule has 0 aromatic heterocycles. The minimum Gasteiger partial charge on any atom is -0.465 e. The summed E-state index contributed by atoms with van der Waals surface area (Å²) in [7, 11) is -3.92. The molecule has 1 aromatic rings. The number of esters is 1. The number of hydrogen-bond acceptors (Lipinski definition) is 5. The van der Waals surface area contributed by atoms with Crippen molar-refractivity contribution in [3.05, 3.63) is 29.8 Å². The van der Waals surface area contributed by atoms with E-state index in [0.29, 0.717) is 6.42 Å². The fraction of sp³-hybridized carbons (Fsp3) is 0.467. The van der Waals surface area contributed by atoms with Gasteiger partial charge in [0.2, 0.25) is 0 Å². The predicted molar refractivity (Wildman–Crippen MR) is 77.3 cm³/mol. The summed E-state index contributed by atoms with van der Waals surface area (Å²) in [5, 5.41) is 0. The zero-order valence-corrected chi connectivity index (χ0v) is 13.2. The molecule has 1 amide bonds. The highest BCUT2D eigenvalue weighted by Gasteiger charge is 2.74. The number of aryl methyl sites for hydroxylation is 1. The van der Waals surface area contributed by atoms with E-state index in [-0.39, 0.29) is 24.0 Å². The molecule has 1 aromatic carbocycles. The van der Waals surface area contributed by atoms with Crippen molar-refractivity contribution in [2.75, 3.05) is 13.2 Å². The first-order valence-electron chi connectivity index (χ1n) is 7.15. The fourth-order valence-electron chi connectivity index (χ4n) is 2.96. The van der Waals surface area contributed by atoms with Crippen molar-refractivity contribution < 1.29 is 22.7 Å². The molecule has 3 rings (SSSR count). The van der Waals surface area contributed by atoms with E-state index in [1.165, 1.54) is 12.1 Å². The van der Waals surface area contributed by atoms with E-state index in [2.05, 4.69) is 0 Å². The van der Waals surface area contributed by atoms with Gasteiger partial charge in [0.15, 0.2) is 5.41 Å². The molecule has 1 aliphatic carbocycles. The van der Waals surface area contributed by atoms with Gasteiger partial charge in [-0.15, -0.1) is 0 Å². The summed E-state index contributed by atoms with van der Waals surface area (Å²) in [6, 6.07) is 6.29. The average Bonchev–Trinajstić information content (AvgIpc) is 3.13. The lowest BCUT2D eigenvalue weighted by atomic mass is 10.1. The van der Waals surface area contributed by atoms with E-state index < -0.39 is 27.3 Å². The minimum atomic E-state index is -3.92. The molecule has 7 heteroatoms. The molecule has 6 nitrogen and oxygen atoms in total. The molecule has 2 fully saturated rings. The Morgan fingerprint density at radius 3 is 2.59 bits per heavy atom. The average molecular weight is 323 g/mol. The predicted octanol–water partition coefficient (Wildman–Crippen LogP) is 1.10. The molecule has 1 aliphatic heterocycles. The Labute approximate surface area is 129 Å². The van der Waals surface area contributed by atoms with E-state index in [9.17, 15) is 18.0 Å². The summed E-state index contributed by atoms with van der Waals surface area (Å²) in [5.74, 6) is -1.53. The van der Waals surface area contributed by atoms with Crippen molar-refractivity contribution in [3.63, 3.8) is 0 Å². The Kier molecular flexibility index (Phi) is 3.28. The maximum absolute atomic E-state index is 12.6. The summed E-state index contributed by atoms with van der Waals surface area (Å²) in [6.45, 7) is 3.73. The summed E-state index contributed by atoms with van der Waals surface area (Å²) < 4.78 is 31.0. The van der Waals surface area contributed by atoms with Crippen molar-refractivity contribution in [1.29, 1.82) is 0 Å². The van der Waals surface area contributed by atoms with Gasteiger partial charge < -0.3 is 4.74 Å². The van der Waals surface area contributed by atoms with Gasteiger partial charge in [0.1, 0.15) is 0 Å². The molecule has 2 aliphatic rings. The Morgan fingerprint density at radius 1 is 1.36 bits per heavy atom. The largest absolute Gasteiger partial charge is 0.465 e. The number of benzene rings is 1. The molecule has 1 saturated heterocycles. The monoisotopic (exact) mass is 323 g/mol. The van der Waals surface area contributed by atoms with Gasteiger partial charge in [-0.05, 0) is 32.4 Å². The van der Waals surface area contributed by atoms with Crippen LogP contribution in [0.4, 0.5) is 0 Å². The molecule has 0 N–H and O–H groups in total. The van der Waals surface area contributed by atoms with E-state index in [1.54, 1.807) is 19.1 Å². The van der Waals surface area contributed by atoms with Crippen LogP contribution < -0.4 is 0 Å². The highest BCUT2D eigenvalue weighted by molar-refractivity contribution is 7.89. The van der Waals surface area contributed by atoms with Gasteiger partial charge in [-0.2, -0.15) is 0 Å². The van der Waals surface area contributed by atoms with Crippen LogP contribution in [-0.2, 0) is 24.3 Å². The topological polar surface area (TPSA) is 80.8 Å². The number of sulfonamides is 1. The standard InChI is InChI=1S/C15H17NO5S/c1-3-21-14(18)15-8-11(15)9-16(13(15)17)22(19,20)12-6-4-10(2)5-7-12/h4-7,11H,3,8-9H2,1-2H3. The number of ether oxygens (including phenoxy) is 1. The first-order chi connectivity index (χ1) is 10.3. The number of carbonyl (C=O) groups excluding carboxylic acids is 2. The second-order valence-electron chi connectivity index (χ2n) is 5.75. The molecule has 22 heavy (non-hydrogen) atoms. The van der Waals surface area contributed by atoms with Crippen molar-refractivity contribution in [1.82, 2.24) is 4.31 Å². The Morgan fingerprint density at radius 2 is 2.00 bits per heavy atom.